The third-order valence-corrected chi connectivity index (χ3v) is 3.41. The van der Waals surface area contributed by atoms with Gasteiger partial charge in [0, 0.05) is 0 Å². The molecule has 2 N–H and O–H groups in total. The summed E-state index contributed by atoms with van der Waals surface area (Å²) in [5.41, 5.74) is -1.23. The Hall–Kier alpha value is -0.720. The van der Waals surface area contributed by atoms with Crippen LogP contribution >= 0.6 is 0 Å². The van der Waals surface area contributed by atoms with Crippen LogP contribution in [0.2, 0.25) is 0 Å². The topological polar surface area (TPSA) is 68.2 Å². The van der Waals surface area contributed by atoms with E-state index >= 15 is 0 Å². The second-order valence-electron chi connectivity index (χ2n) is 6.39. The van der Waals surface area contributed by atoms with E-state index in [9.17, 15) is 0 Å². The fourth-order valence-corrected chi connectivity index (χ4v) is 2.48. The number of hydrogen-bond donors (Lipinski definition) is 2. The molecule has 0 aliphatic carbocycles. The van der Waals surface area contributed by atoms with E-state index in [1.165, 1.54) is 0 Å². The molecule has 136 valence electrons. The van der Waals surface area contributed by atoms with Crippen LogP contribution in [0.5, 0.6) is 0 Å². The van der Waals surface area contributed by atoms with Gasteiger partial charge < -0.3 is 24.4 Å². The van der Waals surface area contributed by atoms with Crippen LogP contribution in [0.1, 0.15) is 41.5 Å². The van der Waals surface area contributed by atoms with Gasteiger partial charge in [-0.05, 0) is 41.5 Å². The maximum Gasteiger partial charge on any atom is 0.104 e. The van der Waals surface area contributed by atoms with Crippen molar-refractivity contribution in [2.75, 3.05) is 26.4 Å². The normalized spacial score (nSPS) is 16.3. The van der Waals surface area contributed by atoms with Gasteiger partial charge in [-0.1, -0.05) is 24.3 Å². The summed E-state index contributed by atoms with van der Waals surface area (Å²) in [6.45, 7) is 12.1. The Morgan fingerprint density at radius 2 is 1.13 bits per heavy atom. The highest BCUT2D eigenvalue weighted by Gasteiger charge is 2.39. The summed E-state index contributed by atoms with van der Waals surface area (Å²) < 4.78 is 17.7. The summed E-state index contributed by atoms with van der Waals surface area (Å²) in [7, 11) is 0. The van der Waals surface area contributed by atoms with E-state index in [0.717, 1.165) is 0 Å². The van der Waals surface area contributed by atoms with Crippen molar-refractivity contribution >= 4 is 0 Å². The van der Waals surface area contributed by atoms with Crippen molar-refractivity contribution in [3.8, 4) is 0 Å². The summed E-state index contributed by atoms with van der Waals surface area (Å²) in [6.07, 6.45) is 7.08. The van der Waals surface area contributed by atoms with Crippen LogP contribution in [0.25, 0.3) is 0 Å². The van der Waals surface area contributed by atoms with Gasteiger partial charge in [0.05, 0.1) is 37.6 Å². The minimum absolute atomic E-state index is 0.0334. The molecule has 0 aliphatic heterocycles. The van der Waals surface area contributed by atoms with Gasteiger partial charge in [-0.15, -0.1) is 0 Å². The number of allylic oxidation sites excluding steroid dienone is 2. The zero-order valence-corrected chi connectivity index (χ0v) is 15.4. The van der Waals surface area contributed by atoms with E-state index < -0.39 is 11.2 Å². The lowest BCUT2D eigenvalue weighted by Crippen LogP contribution is -2.51. The molecule has 0 saturated heterocycles. The standard InChI is InChI=1S/C18H34O5/c1-7-9-15(21-13-11-19)17(3,4)23-18(5,6)16(10-8-2)22-14-12-20/h7-10,15-16,19-20H,11-14H2,1-6H3. The average molecular weight is 330 g/mol. The highest BCUT2D eigenvalue weighted by Crippen LogP contribution is 2.30. The first-order valence-corrected chi connectivity index (χ1v) is 8.15. The molecule has 0 aromatic carbocycles. The molecule has 0 amide bonds. The van der Waals surface area contributed by atoms with Crippen LogP contribution in [0.15, 0.2) is 24.3 Å². The van der Waals surface area contributed by atoms with Crippen molar-refractivity contribution in [1.82, 2.24) is 0 Å². The Labute approximate surface area is 140 Å². The predicted molar refractivity (Wildman–Crippen MR) is 92.5 cm³/mol. The zero-order valence-electron chi connectivity index (χ0n) is 15.4. The van der Waals surface area contributed by atoms with Gasteiger partial charge in [0.1, 0.15) is 12.2 Å². The number of ether oxygens (including phenoxy) is 3. The second kappa shape index (κ2) is 10.9. The number of rotatable bonds is 12. The maximum atomic E-state index is 8.99. The Balaban J connectivity index is 5.16. The van der Waals surface area contributed by atoms with E-state index in [2.05, 4.69) is 0 Å². The minimum atomic E-state index is -0.617. The molecule has 0 radical (unpaired) electrons. The van der Waals surface area contributed by atoms with E-state index in [1.54, 1.807) is 0 Å². The summed E-state index contributed by atoms with van der Waals surface area (Å²) in [4.78, 5) is 0. The van der Waals surface area contributed by atoms with E-state index in [-0.39, 0.29) is 38.6 Å². The Morgan fingerprint density at radius 1 is 0.783 bits per heavy atom. The van der Waals surface area contributed by atoms with E-state index in [0.29, 0.717) is 0 Å². The van der Waals surface area contributed by atoms with Gasteiger partial charge in [-0.3, -0.25) is 0 Å². The smallest absolute Gasteiger partial charge is 0.104 e. The second-order valence-corrected chi connectivity index (χ2v) is 6.39. The van der Waals surface area contributed by atoms with Crippen LogP contribution in [0, 0.1) is 0 Å². The summed E-state index contributed by atoms with van der Waals surface area (Å²) in [5, 5.41) is 18.0. The molecule has 0 aromatic rings. The Kier molecular flexibility index (Phi) is 10.6. The average Bonchev–Trinajstić information content (AvgIpc) is 2.46. The minimum Gasteiger partial charge on any atom is -0.394 e. The third kappa shape index (κ3) is 8.08. The molecular weight excluding hydrogens is 296 g/mol. The fourth-order valence-electron chi connectivity index (χ4n) is 2.48. The molecule has 0 heterocycles. The van der Waals surface area contributed by atoms with Crippen molar-refractivity contribution in [3.05, 3.63) is 24.3 Å². The van der Waals surface area contributed by atoms with Gasteiger partial charge in [0.2, 0.25) is 0 Å². The highest BCUT2D eigenvalue weighted by atomic mass is 16.6. The van der Waals surface area contributed by atoms with Crippen molar-refractivity contribution in [2.24, 2.45) is 0 Å². The lowest BCUT2D eigenvalue weighted by atomic mass is 9.95. The molecule has 5 heteroatoms. The first-order chi connectivity index (χ1) is 10.7. The molecule has 2 unspecified atom stereocenters. The molecule has 0 spiro atoms. The molecule has 0 aromatic heterocycles. The van der Waals surface area contributed by atoms with Crippen LogP contribution in [0.3, 0.4) is 0 Å². The molecule has 0 aliphatic rings. The van der Waals surface area contributed by atoms with Crippen molar-refractivity contribution in [2.45, 2.75) is 65.0 Å². The van der Waals surface area contributed by atoms with Crippen molar-refractivity contribution in [1.29, 1.82) is 0 Å². The monoisotopic (exact) mass is 330 g/mol. The highest BCUT2D eigenvalue weighted by molar-refractivity contribution is 5.02. The lowest BCUT2D eigenvalue weighted by molar-refractivity contribution is -0.206. The lowest BCUT2D eigenvalue weighted by Gasteiger charge is -2.42. The zero-order chi connectivity index (χ0) is 17.9. The van der Waals surface area contributed by atoms with Gasteiger partial charge in [-0.25, -0.2) is 0 Å². The van der Waals surface area contributed by atoms with Crippen LogP contribution in [-0.4, -0.2) is 60.1 Å². The fraction of sp³-hybridized carbons (Fsp3) is 0.778. The van der Waals surface area contributed by atoms with Crippen LogP contribution < -0.4 is 0 Å². The molecule has 5 nitrogen and oxygen atoms in total. The molecule has 23 heavy (non-hydrogen) atoms. The Bertz CT molecular complexity index is 326. The quantitative estimate of drug-likeness (QED) is 0.538. The SMILES string of the molecule is CC=CC(OCCO)C(C)(C)OC(C)(C)C(C=CC)OCCO. The van der Waals surface area contributed by atoms with Crippen LogP contribution in [0.4, 0.5) is 0 Å². The van der Waals surface area contributed by atoms with E-state index in [4.69, 9.17) is 24.4 Å². The molecule has 0 fully saturated rings. The summed E-state index contributed by atoms with van der Waals surface area (Å²) in [5.74, 6) is 0. The maximum absolute atomic E-state index is 8.99. The van der Waals surface area contributed by atoms with Crippen molar-refractivity contribution in [3.63, 3.8) is 0 Å². The molecule has 2 atom stereocenters. The molecule has 0 saturated carbocycles. The third-order valence-electron chi connectivity index (χ3n) is 3.41. The van der Waals surface area contributed by atoms with Gasteiger partial charge >= 0.3 is 0 Å². The Morgan fingerprint density at radius 3 is 1.39 bits per heavy atom. The number of aliphatic hydroxyl groups is 2. The molecule has 0 bridgehead atoms. The molecule has 0 rings (SSSR count). The number of aliphatic hydroxyl groups excluding tert-OH is 2. The summed E-state index contributed by atoms with van der Waals surface area (Å²) in [6, 6.07) is 0. The number of hydrogen-bond acceptors (Lipinski definition) is 5. The van der Waals surface area contributed by atoms with Crippen molar-refractivity contribution < 1.29 is 24.4 Å². The largest absolute Gasteiger partial charge is 0.394 e. The first-order valence-electron chi connectivity index (χ1n) is 8.15. The van der Waals surface area contributed by atoms with Gasteiger partial charge in [-0.2, -0.15) is 0 Å². The van der Waals surface area contributed by atoms with Gasteiger partial charge in [0.15, 0.2) is 0 Å². The van der Waals surface area contributed by atoms with Crippen LogP contribution in [-0.2, 0) is 14.2 Å². The first kappa shape index (κ1) is 22.3. The summed E-state index contributed by atoms with van der Waals surface area (Å²) >= 11 is 0. The van der Waals surface area contributed by atoms with E-state index in [1.807, 2.05) is 65.8 Å². The molecular formula is C18H34O5. The van der Waals surface area contributed by atoms with Gasteiger partial charge in [0.25, 0.3) is 0 Å². The predicted octanol–water partition coefficient (Wildman–Crippen LogP) is 2.47.